The van der Waals surface area contributed by atoms with Gasteiger partial charge in [0, 0.05) is 17.1 Å². The van der Waals surface area contributed by atoms with Gasteiger partial charge in [0.25, 0.3) is 5.22 Å². The molecule has 8 heteroatoms. The molecule has 124 valence electrons. The fourth-order valence-corrected chi connectivity index (χ4v) is 2.69. The summed E-state index contributed by atoms with van der Waals surface area (Å²) in [5.41, 5.74) is 4.48. The van der Waals surface area contributed by atoms with Crippen LogP contribution in [0.1, 0.15) is 25.2 Å². The minimum absolute atomic E-state index is 0.146. The van der Waals surface area contributed by atoms with Gasteiger partial charge < -0.3 is 15.5 Å². The Hall–Kier alpha value is -1.57. The van der Waals surface area contributed by atoms with Crippen LogP contribution in [0, 0.1) is 0 Å². The highest BCUT2D eigenvalue weighted by Gasteiger charge is 2.10. The number of anilines is 1. The SMILES string of the molecule is [NH3+]CCCCCc1nnc(SCC(=O)Nc2cccc(Cl)c2)o1. The van der Waals surface area contributed by atoms with Gasteiger partial charge in [0.15, 0.2) is 0 Å². The molecule has 0 aliphatic heterocycles. The molecular weight excluding hydrogens is 336 g/mol. The van der Waals surface area contributed by atoms with Crippen molar-refractivity contribution in [1.29, 1.82) is 0 Å². The van der Waals surface area contributed by atoms with E-state index >= 15 is 0 Å². The normalized spacial score (nSPS) is 10.7. The number of nitrogens with zero attached hydrogens (tertiary/aromatic N) is 2. The van der Waals surface area contributed by atoms with Crippen molar-refractivity contribution in [1.82, 2.24) is 10.2 Å². The van der Waals surface area contributed by atoms with Crippen LogP contribution in [0.5, 0.6) is 0 Å². The van der Waals surface area contributed by atoms with E-state index in [1.54, 1.807) is 24.3 Å². The van der Waals surface area contributed by atoms with E-state index in [1.807, 2.05) is 0 Å². The number of carbonyl (C=O) groups is 1. The van der Waals surface area contributed by atoms with E-state index in [0.29, 0.717) is 21.8 Å². The summed E-state index contributed by atoms with van der Waals surface area (Å²) in [6.45, 7) is 0.951. The number of nitrogens with one attached hydrogen (secondary N) is 1. The number of hydrogen-bond donors (Lipinski definition) is 2. The molecule has 0 saturated heterocycles. The van der Waals surface area contributed by atoms with Crippen molar-refractivity contribution in [3.05, 3.63) is 35.2 Å². The number of unbranched alkanes of at least 4 members (excludes halogenated alkanes) is 2. The zero-order valence-corrected chi connectivity index (χ0v) is 14.3. The average Bonchev–Trinajstić information content (AvgIpc) is 2.98. The second-order valence-corrected chi connectivity index (χ2v) is 6.34. The molecule has 0 saturated carbocycles. The molecule has 4 N–H and O–H groups in total. The standard InChI is InChI=1S/C15H19ClN4O2S/c16-11-5-4-6-12(9-11)18-13(21)10-23-15-20-19-14(22-15)7-2-1-3-8-17/h4-6,9H,1-3,7-8,10,17H2,(H,18,21)/p+1. The molecule has 0 fully saturated rings. The Labute approximate surface area is 144 Å². The van der Waals surface area contributed by atoms with Crippen LogP contribution in [0.3, 0.4) is 0 Å². The molecular formula is C15H20ClN4O2S+. The number of benzene rings is 1. The summed E-state index contributed by atoms with van der Waals surface area (Å²) >= 11 is 7.09. The van der Waals surface area contributed by atoms with Crippen LogP contribution in [0.2, 0.25) is 5.02 Å². The molecule has 1 amide bonds. The van der Waals surface area contributed by atoms with Crippen molar-refractivity contribution in [3.63, 3.8) is 0 Å². The molecule has 0 unspecified atom stereocenters. The molecule has 0 aliphatic carbocycles. The van der Waals surface area contributed by atoms with Gasteiger partial charge in [-0.1, -0.05) is 29.4 Å². The Balaban J connectivity index is 1.73. The molecule has 0 bridgehead atoms. The summed E-state index contributed by atoms with van der Waals surface area (Å²) in [5, 5.41) is 11.7. The van der Waals surface area contributed by atoms with Crippen molar-refractivity contribution in [2.45, 2.75) is 30.9 Å². The molecule has 0 atom stereocenters. The van der Waals surface area contributed by atoms with E-state index in [9.17, 15) is 4.79 Å². The molecule has 0 spiro atoms. The topological polar surface area (TPSA) is 95.7 Å². The molecule has 1 aromatic carbocycles. The van der Waals surface area contributed by atoms with Gasteiger partial charge in [-0.05, 0) is 37.5 Å². The van der Waals surface area contributed by atoms with Gasteiger partial charge in [0.05, 0.1) is 12.3 Å². The average molecular weight is 356 g/mol. The first-order chi connectivity index (χ1) is 11.2. The Morgan fingerprint density at radius 1 is 1.30 bits per heavy atom. The molecule has 6 nitrogen and oxygen atoms in total. The number of aryl methyl sites for hydroxylation is 1. The summed E-state index contributed by atoms with van der Waals surface area (Å²) in [6.07, 6.45) is 4.00. The third-order valence-corrected chi connectivity index (χ3v) is 4.08. The highest BCUT2D eigenvalue weighted by molar-refractivity contribution is 7.99. The fraction of sp³-hybridized carbons (Fsp3) is 0.400. The van der Waals surface area contributed by atoms with Crippen molar-refractivity contribution in [2.75, 3.05) is 17.6 Å². The van der Waals surface area contributed by atoms with E-state index in [2.05, 4.69) is 21.2 Å². The van der Waals surface area contributed by atoms with Crippen molar-refractivity contribution in [2.24, 2.45) is 0 Å². The maximum absolute atomic E-state index is 11.9. The number of aromatic nitrogens is 2. The molecule has 2 aromatic rings. The second kappa shape index (κ2) is 9.54. The smallest absolute Gasteiger partial charge is 0.277 e. The van der Waals surface area contributed by atoms with Gasteiger partial charge in [-0.2, -0.15) is 0 Å². The lowest BCUT2D eigenvalue weighted by Gasteiger charge is -2.03. The Bertz CT molecular complexity index is 635. The Morgan fingerprint density at radius 2 is 2.17 bits per heavy atom. The number of thioether (sulfide) groups is 1. The van der Waals surface area contributed by atoms with Crippen LogP contribution >= 0.6 is 23.4 Å². The first kappa shape index (κ1) is 17.8. The number of amides is 1. The van der Waals surface area contributed by atoms with Crippen molar-refractivity contribution < 1.29 is 14.9 Å². The molecule has 2 rings (SSSR count). The fourth-order valence-electron chi connectivity index (χ4n) is 1.92. The number of quaternary nitrogens is 1. The minimum Gasteiger partial charge on any atom is -0.416 e. The predicted octanol–water partition coefficient (Wildman–Crippen LogP) is 2.41. The number of halogens is 1. The third kappa shape index (κ3) is 6.60. The van der Waals surface area contributed by atoms with Gasteiger partial charge in [-0.25, -0.2) is 0 Å². The molecule has 0 radical (unpaired) electrons. The van der Waals surface area contributed by atoms with Crippen LogP contribution < -0.4 is 11.1 Å². The first-order valence-corrected chi connectivity index (χ1v) is 8.83. The van der Waals surface area contributed by atoms with Gasteiger partial charge in [-0.15, -0.1) is 10.2 Å². The van der Waals surface area contributed by atoms with Crippen LogP contribution in [0.25, 0.3) is 0 Å². The summed E-state index contributed by atoms with van der Waals surface area (Å²) in [4.78, 5) is 11.9. The van der Waals surface area contributed by atoms with E-state index in [4.69, 9.17) is 16.0 Å². The van der Waals surface area contributed by atoms with Gasteiger partial charge in [-0.3, -0.25) is 4.79 Å². The van der Waals surface area contributed by atoms with Crippen molar-refractivity contribution >= 4 is 35.0 Å². The molecule has 23 heavy (non-hydrogen) atoms. The van der Waals surface area contributed by atoms with Crippen molar-refractivity contribution in [3.8, 4) is 0 Å². The predicted molar refractivity (Wildman–Crippen MR) is 90.4 cm³/mol. The van der Waals surface area contributed by atoms with Crippen LogP contribution in [-0.4, -0.2) is 28.4 Å². The number of hydrogen-bond acceptors (Lipinski definition) is 5. The highest BCUT2D eigenvalue weighted by Crippen LogP contribution is 2.19. The minimum atomic E-state index is -0.146. The monoisotopic (exact) mass is 355 g/mol. The maximum Gasteiger partial charge on any atom is 0.277 e. The zero-order chi connectivity index (χ0) is 16.5. The second-order valence-electron chi connectivity index (χ2n) is 4.97. The van der Waals surface area contributed by atoms with Gasteiger partial charge in [0.1, 0.15) is 0 Å². The lowest BCUT2D eigenvalue weighted by atomic mass is 10.2. The summed E-state index contributed by atoms with van der Waals surface area (Å²) in [6, 6.07) is 7.01. The largest absolute Gasteiger partial charge is 0.416 e. The van der Waals surface area contributed by atoms with Crippen LogP contribution in [-0.2, 0) is 11.2 Å². The zero-order valence-electron chi connectivity index (χ0n) is 12.8. The molecule has 1 heterocycles. The Kier molecular flexibility index (Phi) is 7.38. The highest BCUT2D eigenvalue weighted by atomic mass is 35.5. The van der Waals surface area contributed by atoms with Gasteiger partial charge in [0.2, 0.25) is 11.8 Å². The lowest BCUT2D eigenvalue weighted by Crippen LogP contribution is -2.50. The summed E-state index contributed by atoms with van der Waals surface area (Å²) in [5.74, 6) is 0.676. The van der Waals surface area contributed by atoms with Gasteiger partial charge >= 0.3 is 0 Å². The maximum atomic E-state index is 11.9. The summed E-state index contributed by atoms with van der Waals surface area (Å²) in [7, 11) is 0. The summed E-state index contributed by atoms with van der Waals surface area (Å²) < 4.78 is 5.51. The quantitative estimate of drug-likeness (QED) is 0.532. The molecule has 1 aromatic heterocycles. The van der Waals surface area contributed by atoms with E-state index in [0.717, 1.165) is 32.2 Å². The number of carbonyl (C=O) groups excluding carboxylic acids is 1. The van der Waals surface area contributed by atoms with E-state index < -0.39 is 0 Å². The van der Waals surface area contributed by atoms with Crippen LogP contribution in [0.4, 0.5) is 5.69 Å². The van der Waals surface area contributed by atoms with Crippen LogP contribution in [0.15, 0.2) is 33.9 Å². The number of rotatable bonds is 9. The van der Waals surface area contributed by atoms with E-state index in [-0.39, 0.29) is 11.7 Å². The lowest BCUT2D eigenvalue weighted by molar-refractivity contribution is -0.368. The van der Waals surface area contributed by atoms with E-state index in [1.165, 1.54) is 11.8 Å². The molecule has 0 aliphatic rings. The Morgan fingerprint density at radius 3 is 2.96 bits per heavy atom. The third-order valence-electron chi connectivity index (χ3n) is 3.02. The first-order valence-electron chi connectivity index (χ1n) is 7.47.